The van der Waals surface area contributed by atoms with E-state index in [9.17, 15) is 4.79 Å². The summed E-state index contributed by atoms with van der Waals surface area (Å²) in [4.78, 5) is 10.8. The van der Waals surface area contributed by atoms with Crippen LogP contribution < -0.4 is 0 Å². The SMILES string of the molecule is Cc1cc(C(C)C)c(C=O)cc1Br. The number of halogens is 1. The van der Waals surface area contributed by atoms with Crippen LogP contribution in [0, 0.1) is 6.92 Å². The van der Waals surface area contributed by atoms with Gasteiger partial charge in [0.25, 0.3) is 0 Å². The minimum absolute atomic E-state index is 0.395. The molecule has 0 amide bonds. The first kappa shape index (κ1) is 10.5. The van der Waals surface area contributed by atoms with Crippen molar-refractivity contribution in [2.24, 2.45) is 0 Å². The van der Waals surface area contributed by atoms with Gasteiger partial charge in [0.1, 0.15) is 6.29 Å². The maximum Gasteiger partial charge on any atom is 0.150 e. The fraction of sp³-hybridized carbons (Fsp3) is 0.364. The maximum absolute atomic E-state index is 10.8. The number of carbonyl (C=O) groups excluding carboxylic acids is 1. The molecule has 2 heteroatoms. The Kier molecular flexibility index (Phi) is 3.26. The number of carbonyl (C=O) groups is 1. The smallest absolute Gasteiger partial charge is 0.150 e. The summed E-state index contributed by atoms with van der Waals surface area (Å²) in [6.07, 6.45) is 0.916. The third-order valence-corrected chi connectivity index (χ3v) is 2.97. The number of aryl methyl sites for hydroxylation is 1. The van der Waals surface area contributed by atoms with E-state index < -0.39 is 0 Å². The van der Waals surface area contributed by atoms with Crippen molar-refractivity contribution < 1.29 is 4.79 Å². The molecule has 0 heterocycles. The lowest BCUT2D eigenvalue weighted by atomic mass is 9.96. The summed E-state index contributed by atoms with van der Waals surface area (Å²) in [5.41, 5.74) is 3.08. The number of aldehydes is 1. The summed E-state index contributed by atoms with van der Waals surface area (Å²) in [7, 11) is 0. The van der Waals surface area contributed by atoms with E-state index in [0.717, 1.165) is 21.9 Å². The second kappa shape index (κ2) is 4.05. The maximum atomic E-state index is 10.8. The second-order valence-corrected chi connectivity index (χ2v) is 4.36. The van der Waals surface area contributed by atoms with Crippen LogP contribution in [-0.4, -0.2) is 6.29 Å². The predicted octanol–water partition coefficient (Wildman–Crippen LogP) is 3.69. The van der Waals surface area contributed by atoms with Crippen molar-refractivity contribution in [1.82, 2.24) is 0 Å². The molecule has 1 aromatic rings. The van der Waals surface area contributed by atoms with Gasteiger partial charge in [0, 0.05) is 10.0 Å². The first-order valence-electron chi connectivity index (χ1n) is 4.31. The fourth-order valence-electron chi connectivity index (χ4n) is 1.32. The molecule has 0 aliphatic heterocycles. The highest BCUT2D eigenvalue weighted by Gasteiger charge is 2.08. The lowest BCUT2D eigenvalue weighted by Gasteiger charge is -2.10. The van der Waals surface area contributed by atoms with Crippen LogP contribution in [0.25, 0.3) is 0 Å². The Balaban J connectivity index is 3.32. The molecule has 0 bridgehead atoms. The zero-order chi connectivity index (χ0) is 10.0. The Morgan fingerprint density at radius 1 is 1.38 bits per heavy atom. The predicted molar refractivity (Wildman–Crippen MR) is 58.4 cm³/mol. The summed E-state index contributed by atoms with van der Waals surface area (Å²) >= 11 is 3.41. The summed E-state index contributed by atoms with van der Waals surface area (Å²) in [5, 5.41) is 0. The molecule has 0 radical (unpaired) electrons. The summed E-state index contributed by atoms with van der Waals surface area (Å²) in [6.45, 7) is 6.22. The number of hydrogen-bond donors (Lipinski definition) is 0. The van der Waals surface area contributed by atoms with Crippen molar-refractivity contribution in [2.45, 2.75) is 26.7 Å². The van der Waals surface area contributed by atoms with E-state index >= 15 is 0 Å². The number of hydrogen-bond acceptors (Lipinski definition) is 1. The molecule has 0 aliphatic carbocycles. The molecule has 1 nitrogen and oxygen atoms in total. The Morgan fingerprint density at radius 2 is 2.00 bits per heavy atom. The van der Waals surface area contributed by atoms with Gasteiger partial charge in [-0.05, 0) is 30.0 Å². The van der Waals surface area contributed by atoms with E-state index in [4.69, 9.17) is 0 Å². The van der Waals surface area contributed by atoms with Gasteiger partial charge in [-0.3, -0.25) is 4.79 Å². The quantitative estimate of drug-likeness (QED) is 0.721. The summed E-state index contributed by atoms with van der Waals surface area (Å²) < 4.78 is 0.999. The van der Waals surface area contributed by atoms with E-state index in [1.54, 1.807) is 0 Å². The van der Waals surface area contributed by atoms with Crippen molar-refractivity contribution >= 4 is 22.2 Å². The van der Waals surface area contributed by atoms with Crippen LogP contribution in [0.4, 0.5) is 0 Å². The molecule has 0 N–H and O–H groups in total. The normalized spacial score (nSPS) is 10.5. The van der Waals surface area contributed by atoms with Gasteiger partial charge in [0.2, 0.25) is 0 Å². The highest BCUT2D eigenvalue weighted by atomic mass is 79.9. The lowest BCUT2D eigenvalue weighted by molar-refractivity contribution is 0.112. The summed E-state index contributed by atoms with van der Waals surface area (Å²) in [6, 6.07) is 3.95. The van der Waals surface area contributed by atoms with Gasteiger partial charge in [-0.1, -0.05) is 35.8 Å². The van der Waals surface area contributed by atoms with Crippen molar-refractivity contribution in [1.29, 1.82) is 0 Å². The largest absolute Gasteiger partial charge is 0.298 e. The molecule has 0 aromatic heterocycles. The van der Waals surface area contributed by atoms with Gasteiger partial charge in [0.05, 0.1) is 0 Å². The topological polar surface area (TPSA) is 17.1 Å². The minimum Gasteiger partial charge on any atom is -0.298 e. The Bertz CT molecular complexity index is 329. The molecule has 0 atom stereocenters. The van der Waals surface area contributed by atoms with E-state index in [1.165, 1.54) is 5.56 Å². The highest BCUT2D eigenvalue weighted by molar-refractivity contribution is 9.10. The van der Waals surface area contributed by atoms with Crippen molar-refractivity contribution in [3.63, 3.8) is 0 Å². The first-order chi connectivity index (χ1) is 6.06. The molecular weight excluding hydrogens is 228 g/mol. The van der Waals surface area contributed by atoms with Crippen LogP contribution in [0.3, 0.4) is 0 Å². The third-order valence-electron chi connectivity index (χ3n) is 2.11. The van der Waals surface area contributed by atoms with E-state index in [2.05, 4.69) is 35.8 Å². The minimum atomic E-state index is 0.395. The van der Waals surface area contributed by atoms with Crippen molar-refractivity contribution in [3.8, 4) is 0 Å². The molecule has 70 valence electrons. The fourth-order valence-corrected chi connectivity index (χ4v) is 1.68. The molecule has 0 aliphatic rings. The Labute approximate surface area is 87.3 Å². The van der Waals surface area contributed by atoms with Crippen molar-refractivity contribution in [2.75, 3.05) is 0 Å². The standard InChI is InChI=1S/C11H13BrO/c1-7(2)10-4-8(3)11(12)5-9(10)6-13/h4-7H,1-3H3. The molecule has 1 aromatic carbocycles. The lowest BCUT2D eigenvalue weighted by Crippen LogP contribution is -1.96. The van der Waals surface area contributed by atoms with Crippen LogP contribution in [0.1, 0.15) is 41.3 Å². The first-order valence-corrected chi connectivity index (χ1v) is 5.10. The monoisotopic (exact) mass is 240 g/mol. The van der Waals surface area contributed by atoms with Gasteiger partial charge < -0.3 is 0 Å². The van der Waals surface area contributed by atoms with E-state index in [-0.39, 0.29) is 0 Å². The average molecular weight is 241 g/mol. The van der Waals surface area contributed by atoms with Crippen molar-refractivity contribution in [3.05, 3.63) is 33.3 Å². The zero-order valence-electron chi connectivity index (χ0n) is 8.10. The van der Waals surface area contributed by atoms with Gasteiger partial charge in [-0.15, -0.1) is 0 Å². The second-order valence-electron chi connectivity index (χ2n) is 3.50. The Hall–Kier alpha value is -0.630. The van der Waals surface area contributed by atoms with E-state index in [0.29, 0.717) is 5.92 Å². The highest BCUT2D eigenvalue weighted by Crippen LogP contribution is 2.25. The molecule has 13 heavy (non-hydrogen) atoms. The van der Waals surface area contributed by atoms with Gasteiger partial charge in [-0.25, -0.2) is 0 Å². The van der Waals surface area contributed by atoms with Gasteiger partial charge in [-0.2, -0.15) is 0 Å². The van der Waals surface area contributed by atoms with Gasteiger partial charge >= 0.3 is 0 Å². The molecule has 0 saturated heterocycles. The van der Waals surface area contributed by atoms with E-state index in [1.807, 2.05) is 13.0 Å². The number of rotatable bonds is 2. The average Bonchev–Trinajstić information content (AvgIpc) is 2.08. The molecule has 1 rings (SSSR count). The summed E-state index contributed by atoms with van der Waals surface area (Å²) in [5.74, 6) is 0.395. The zero-order valence-corrected chi connectivity index (χ0v) is 9.68. The molecule has 0 saturated carbocycles. The molecular formula is C11H13BrO. The Morgan fingerprint density at radius 3 is 2.46 bits per heavy atom. The molecule has 0 spiro atoms. The molecule has 0 fully saturated rings. The molecule has 0 unspecified atom stereocenters. The van der Waals surface area contributed by atoms with Gasteiger partial charge in [0.15, 0.2) is 0 Å². The van der Waals surface area contributed by atoms with Crippen LogP contribution in [0.5, 0.6) is 0 Å². The number of benzene rings is 1. The van der Waals surface area contributed by atoms with Crippen LogP contribution in [0.2, 0.25) is 0 Å². The van der Waals surface area contributed by atoms with Crippen LogP contribution in [0.15, 0.2) is 16.6 Å². The van der Waals surface area contributed by atoms with Crippen LogP contribution >= 0.6 is 15.9 Å². The third kappa shape index (κ3) is 2.19. The van der Waals surface area contributed by atoms with Crippen LogP contribution in [-0.2, 0) is 0 Å².